The molecule has 15 heavy (non-hydrogen) atoms. The predicted molar refractivity (Wildman–Crippen MR) is 59.4 cm³/mol. The van der Waals surface area contributed by atoms with Crippen LogP contribution in [0.5, 0.6) is 0 Å². The molecule has 0 radical (unpaired) electrons. The van der Waals surface area contributed by atoms with Gasteiger partial charge in [0.25, 0.3) is 0 Å². The zero-order valence-electron chi connectivity index (χ0n) is 10.3. The monoisotopic (exact) mass is 210 g/mol. The zero-order chi connectivity index (χ0) is 11.3. The van der Waals surface area contributed by atoms with Crippen molar-refractivity contribution in [1.82, 2.24) is 0 Å². The maximum absolute atomic E-state index is 11.5. The molecule has 0 amide bonds. The van der Waals surface area contributed by atoms with E-state index in [9.17, 15) is 4.79 Å². The van der Waals surface area contributed by atoms with Crippen molar-refractivity contribution in [3.63, 3.8) is 0 Å². The van der Waals surface area contributed by atoms with Gasteiger partial charge in [0.2, 0.25) is 0 Å². The van der Waals surface area contributed by atoms with Gasteiger partial charge in [-0.1, -0.05) is 27.7 Å². The molecular weight excluding hydrogens is 188 g/mol. The van der Waals surface area contributed by atoms with Gasteiger partial charge in [0.15, 0.2) is 0 Å². The summed E-state index contributed by atoms with van der Waals surface area (Å²) in [5.41, 5.74) is 0.427. The van der Waals surface area contributed by atoms with Gasteiger partial charge in [-0.2, -0.15) is 0 Å². The second-order valence-corrected chi connectivity index (χ2v) is 6.14. The Morgan fingerprint density at radius 1 is 1.40 bits per heavy atom. The standard InChI is InChI=1S/C13H22O2/c1-5-10(14)15-11-12(2,3)9-6-7-13(11,4)8-9/h9,11H,5-8H2,1-4H3/t9-,11-,13+/m0/s1. The van der Waals surface area contributed by atoms with Crippen LogP contribution >= 0.6 is 0 Å². The summed E-state index contributed by atoms with van der Waals surface area (Å²) in [7, 11) is 0. The van der Waals surface area contributed by atoms with E-state index >= 15 is 0 Å². The second kappa shape index (κ2) is 3.23. The van der Waals surface area contributed by atoms with Crippen molar-refractivity contribution in [2.75, 3.05) is 0 Å². The van der Waals surface area contributed by atoms with E-state index in [4.69, 9.17) is 4.74 Å². The Bertz CT molecular complexity index is 278. The highest BCUT2D eigenvalue weighted by Crippen LogP contribution is 2.63. The summed E-state index contributed by atoms with van der Waals surface area (Å²) in [6.07, 6.45) is 4.40. The van der Waals surface area contributed by atoms with Crippen molar-refractivity contribution in [3.05, 3.63) is 0 Å². The lowest BCUT2D eigenvalue weighted by molar-refractivity contribution is -0.164. The van der Waals surface area contributed by atoms with E-state index in [-0.39, 0.29) is 22.9 Å². The van der Waals surface area contributed by atoms with Crippen molar-refractivity contribution >= 4 is 5.97 Å². The molecular formula is C13H22O2. The topological polar surface area (TPSA) is 26.3 Å². The number of carbonyl (C=O) groups excluding carboxylic acids is 1. The molecule has 0 heterocycles. The summed E-state index contributed by atoms with van der Waals surface area (Å²) in [6, 6.07) is 0. The largest absolute Gasteiger partial charge is 0.461 e. The van der Waals surface area contributed by atoms with Crippen molar-refractivity contribution in [1.29, 1.82) is 0 Å². The molecule has 0 unspecified atom stereocenters. The summed E-state index contributed by atoms with van der Waals surface area (Å²) >= 11 is 0. The van der Waals surface area contributed by atoms with Crippen LogP contribution in [0.15, 0.2) is 0 Å². The van der Waals surface area contributed by atoms with E-state index in [0.29, 0.717) is 6.42 Å². The van der Waals surface area contributed by atoms with E-state index in [1.807, 2.05) is 6.92 Å². The summed E-state index contributed by atoms with van der Waals surface area (Å²) in [5, 5.41) is 0. The van der Waals surface area contributed by atoms with Gasteiger partial charge in [0.1, 0.15) is 6.10 Å². The van der Waals surface area contributed by atoms with E-state index in [1.54, 1.807) is 0 Å². The third-order valence-electron chi connectivity index (χ3n) is 4.68. The number of carbonyl (C=O) groups is 1. The van der Waals surface area contributed by atoms with Gasteiger partial charge in [-0.3, -0.25) is 4.79 Å². The maximum atomic E-state index is 11.5. The molecule has 2 aliphatic rings. The van der Waals surface area contributed by atoms with Gasteiger partial charge in [0, 0.05) is 17.3 Å². The summed E-state index contributed by atoms with van der Waals surface area (Å²) in [4.78, 5) is 11.5. The molecule has 0 spiro atoms. The van der Waals surface area contributed by atoms with E-state index < -0.39 is 0 Å². The Morgan fingerprint density at radius 2 is 2.07 bits per heavy atom. The van der Waals surface area contributed by atoms with Crippen molar-refractivity contribution in [2.24, 2.45) is 16.7 Å². The fourth-order valence-electron chi connectivity index (χ4n) is 3.77. The van der Waals surface area contributed by atoms with Crippen LogP contribution in [-0.4, -0.2) is 12.1 Å². The highest BCUT2D eigenvalue weighted by Gasteiger charge is 2.61. The molecule has 0 aromatic rings. The first-order chi connectivity index (χ1) is 6.90. The van der Waals surface area contributed by atoms with Gasteiger partial charge in [-0.05, 0) is 25.2 Å². The first kappa shape index (κ1) is 11.0. The van der Waals surface area contributed by atoms with Gasteiger partial charge < -0.3 is 4.74 Å². The molecule has 2 nitrogen and oxygen atoms in total. The predicted octanol–water partition coefficient (Wildman–Crippen LogP) is 3.15. The lowest BCUT2D eigenvalue weighted by atomic mass is 9.70. The zero-order valence-corrected chi connectivity index (χ0v) is 10.3. The van der Waals surface area contributed by atoms with Gasteiger partial charge >= 0.3 is 5.97 Å². The van der Waals surface area contributed by atoms with Crippen LogP contribution < -0.4 is 0 Å². The Morgan fingerprint density at radius 3 is 2.53 bits per heavy atom. The Balaban J connectivity index is 2.19. The molecule has 0 aromatic carbocycles. The van der Waals surface area contributed by atoms with Gasteiger partial charge in [0.05, 0.1) is 0 Å². The summed E-state index contributed by atoms with van der Waals surface area (Å²) in [5.74, 6) is 0.707. The van der Waals surface area contributed by atoms with Gasteiger partial charge in [-0.15, -0.1) is 0 Å². The molecule has 2 bridgehead atoms. The molecule has 2 rings (SSSR count). The van der Waals surface area contributed by atoms with Crippen LogP contribution in [0.2, 0.25) is 0 Å². The van der Waals surface area contributed by atoms with E-state index in [2.05, 4.69) is 20.8 Å². The Kier molecular flexibility index (Phi) is 2.36. The Labute approximate surface area is 92.4 Å². The number of rotatable bonds is 2. The number of ether oxygens (including phenoxy) is 1. The average Bonchev–Trinajstić information content (AvgIpc) is 2.63. The second-order valence-electron chi connectivity index (χ2n) is 6.14. The fraction of sp³-hybridized carbons (Fsp3) is 0.923. The van der Waals surface area contributed by atoms with E-state index in [0.717, 1.165) is 5.92 Å². The lowest BCUT2D eigenvalue weighted by Gasteiger charge is -2.41. The minimum Gasteiger partial charge on any atom is -0.461 e. The fourth-order valence-corrected chi connectivity index (χ4v) is 3.77. The first-order valence-corrected chi connectivity index (χ1v) is 6.09. The third kappa shape index (κ3) is 1.49. The summed E-state index contributed by atoms with van der Waals surface area (Å²) < 4.78 is 5.67. The molecule has 2 saturated carbocycles. The van der Waals surface area contributed by atoms with Crippen LogP contribution in [-0.2, 0) is 9.53 Å². The normalized spacial score (nSPS) is 41.9. The average molecular weight is 210 g/mol. The van der Waals surface area contributed by atoms with Gasteiger partial charge in [-0.25, -0.2) is 0 Å². The van der Waals surface area contributed by atoms with Crippen LogP contribution in [0.25, 0.3) is 0 Å². The molecule has 0 N–H and O–H groups in total. The summed E-state index contributed by atoms with van der Waals surface area (Å²) in [6.45, 7) is 8.67. The number of fused-ring (bicyclic) bond motifs is 2. The number of hydrogen-bond donors (Lipinski definition) is 0. The van der Waals surface area contributed by atoms with Crippen molar-refractivity contribution in [3.8, 4) is 0 Å². The molecule has 2 aliphatic carbocycles. The van der Waals surface area contributed by atoms with E-state index in [1.165, 1.54) is 19.3 Å². The van der Waals surface area contributed by atoms with Crippen LogP contribution in [0, 0.1) is 16.7 Å². The molecule has 2 heteroatoms. The first-order valence-electron chi connectivity index (χ1n) is 6.09. The highest BCUT2D eigenvalue weighted by molar-refractivity contribution is 5.69. The Hall–Kier alpha value is -0.530. The van der Waals surface area contributed by atoms with Crippen LogP contribution in [0.1, 0.15) is 53.4 Å². The molecule has 86 valence electrons. The van der Waals surface area contributed by atoms with Crippen LogP contribution in [0.3, 0.4) is 0 Å². The number of hydrogen-bond acceptors (Lipinski definition) is 2. The van der Waals surface area contributed by atoms with Crippen molar-refractivity contribution < 1.29 is 9.53 Å². The molecule has 2 fully saturated rings. The molecule has 0 saturated heterocycles. The smallest absolute Gasteiger partial charge is 0.305 e. The highest BCUT2D eigenvalue weighted by atomic mass is 16.5. The third-order valence-corrected chi connectivity index (χ3v) is 4.68. The SMILES string of the molecule is CCC(=O)O[C@H]1C(C)(C)[C@H]2CC[C@]1(C)C2. The molecule has 0 aliphatic heterocycles. The lowest BCUT2D eigenvalue weighted by Crippen LogP contribution is -2.43. The quantitative estimate of drug-likeness (QED) is 0.654. The molecule has 0 aromatic heterocycles. The minimum atomic E-state index is -0.0400. The number of esters is 1. The van der Waals surface area contributed by atoms with Crippen LogP contribution in [0.4, 0.5) is 0 Å². The van der Waals surface area contributed by atoms with Crippen molar-refractivity contribution in [2.45, 2.75) is 59.5 Å². The maximum Gasteiger partial charge on any atom is 0.305 e. The molecule has 3 atom stereocenters. The minimum absolute atomic E-state index is 0.0400.